The first kappa shape index (κ1) is 36.2. The summed E-state index contributed by atoms with van der Waals surface area (Å²) in [5.41, 5.74) is 0. The van der Waals surface area contributed by atoms with E-state index in [1.807, 2.05) is 0 Å². The van der Waals surface area contributed by atoms with Gasteiger partial charge in [0.2, 0.25) is 0 Å². The van der Waals surface area contributed by atoms with Gasteiger partial charge in [0, 0.05) is 6.08 Å². The van der Waals surface area contributed by atoms with Crippen LogP contribution in [-0.2, 0) is 14.3 Å². The van der Waals surface area contributed by atoms with E-state index >= 15 is 0 Å². The van der Waals surface area contributed by atoms with E-state index in [4.69, 9.17) is 0 Å². The SMILES string of the molecule is O=C([O-])/C=C/C(=O)OC(F)(F)C(F)(F)C(F)(F)C(F)(F)C(F)(F)C(F)(F)C(F)(F)C(F)(F)C(F)(F)C(F)(F)F. The first-order chi connectivity index (χ1) is 16.6. The van der Waals surface area contributed by atoms with Gasteiger partial charge in [0.15, 0.2) is 0 Å². The Morgan fingerprint density at radius 2 is 0.692 bits per heavy atom. The van der Waals surface area contributed by atoms with Gasteiger partial charge in [0.1, 0.15) is 0 Å². The van der Waals surface area contributed by atoms with E-state index < -0.39 is 83.8 Å². The fourth-order valence-electron chi connectivity index (χ4n) is 1.90. The summed E-state index contributed by atoms with van der Waals surface area (Å²) in [5, 5.41) is 9.89. The van der Waals surface area contributed by atoms with Gasteiger partial charge in [0.05, 0.1) is 5.97 Å². The maximum Gasteiger partial charge on any atom is 0.473 e. The Kier molecular flexibility index (Phi) is 8.73. The summed E-state index contributed by atoms with van der Waals surface area (Å²) in [6, 6.07) is 0. The average Bonchev–Trinajstić information content (AvgIpc) is 2.69. The Balaban J connectivity index is 6.96. The number of rotatable bonds is 11. The Hall–Kier alpha value is -2.79. The quantitative estimate of drug-likeness (QED) is 0.181. The number of halogens is 21. The minimum Gasteiger partial charge on any atom is -0.545 e. The Bertz CT molecular complexity index is 976. The zero-order valence-corrected chi connectivity index (χ0v) is 16.7. The van der Waals surface area contributed by atoms with E-state index in [2.05, 4.69) is 4.74 Å². The highest BCUT2D eigenvalue weighted by Crippen LogP contribution is 2.66. The van der Waals surface area contributed by atoms with Gasteiger partial charge >= 0.3 is 65.6 Å². The molecule has 0 amide bonds. The summed E-state index contributed by atoms with van der Waals surface area (Å²) in [4.78, 5) is 20.6. The molecule has 0 bridgehead atoms. The first-order valence-corrected chi connectivity index (χ1v) is 8.15. The monoisotopic (exact) mass is 633 g/mol. The molecule has 0 unspecified atom stereocenters. The lowest BCUT2D eigenvalue weighted by atomic mass is 9.87. The van der Waals surface area contributed by atoms with Crippen LogP contribution >= 0.6 is 0 Å². The molecule has 0 radical (unpaired) electrons. The van der Waals surface area contributed by atoms with Crippen molar-refractivity contribution in [1.29, 1.82) is 0 Å². The zero-order chi connectivity index (χ0) is 32.3. The minimum absolute atomic E-state index is 0.711. The molecule has 0 atom stereocenters. The molecule has 39 heavy (non-hydrogen) atoms. The van der Waals surface area contributed by atoms with Gasteiger partial charge in [-0.25, -0.2) is 4.79 Å². The van der Waals surface area contributed by atoms with Crippen molar-refractivity contribution in [1.82, 2.24) is 0 Å². The number of esters is 1. The predicted octanol–water partition coefficient (Wildman–Crippen LogP) is 5.07. The third-order valence-corrected chi connectivity index (χ3v) is 4.07. The number of hydrogen-bond acceptors (Lipinski definition) is 4. The van der Waals surface area contributed by atoms with Crippen LogP contribution in [-0.4, -0.2) is 71.6 Å². The van der Waals surface area contributed by atoms with Gasteiger partial charge in [-0.15, -0.1) is 0 Å². The van der Waals surface area contributed by atoms with Crippen LogP contribution in [0.4, 0.5) is 92.2 Å². The number of hydrogen-bond donors (Lipinski definition) is 0. The molecule has 0 heterocycles. The molecule has 0 aliphatic rings. The predicted molar refractivity (Wildman–Crippen MR) is 70.8 cm³/mol. The number of ether oxygens (including phenoxy) is 1. The van der Waals surface area contributed by atoms with Crippen LogP contribution < -0.4 is 5.11 Å². The first-order valence-electron chi connectivity index (χ1n) is 8.15. The average molecular weight is 633 g/mol. The highest BCUT2D eigenvalue weighted by Gasteiger charge is 2.98. The summed E-state index contributed by atoms with van der Waals surface area (Å²) in [6.07, 6.45) is -17.4. The molecule has 4 nitrogen and oxygen atoms in total. The van der Waals surface area contributed by atoms with Gasteiger partial charge in [-0.05, 0) is 6.08 Å². The van der Waals surface area contributed by atoms with Crippen LogP contribution in [0.5, 0.6) is 0 Å². The fraction of sp³-hybridized carbons (Fsp3) is 0.714. The molecular formula is C14H2F21O4-. The van der Waals surface area contributed by atoms with Crippen LogP contribution in [0, 0.1) is 0 Å². The van der Waals surface area contributed by atoms with Crippen molar-refractivity contribution in [2.24, 2.45) is 0 Å². The van der Waals surface area contributed by atoms with E-state index in [0.29, 0.717) is 0 Å². The van der Waals surface area contributed by atoms with Crippen molar-refractivity contribution >= 4 is 11.9 Å². The third kappa shape index (κ3) is 4.99. The molecule has 230 valence electrons. The van der Waals surface area contributed by atoms with Crippen molar-refractivity contribution in [3.05, 3.63) is 12.2 Å². The Morgan fingerprint density at radius 3 is 0.949 bits per heavy atom. The summed E-state index contributed by atoms with van der Waals surface area (Å²) >= 11 is 0. The van der Waals surface area contributed by atoms with Gasteiger partial charge < -0.3 is 14.6 Å². The summed E-state index contributed by atoms with van der Waals surface area (Å²) in [5.74, 6) is -77.8. The number of carbonyl (C=O) groups excluding carboxylic acids is 2. The third-order valence-electron chi connectivity index (χ3n) is 4.07. The lowest BCUT2D eigenvalue weighted by molar-refractivity contribution is -0.482. The smallest absolute Gasteiger partial charge is 0.473 e. The van der Waals surface area contributed by atoms with Gasteiger partial charge in [-0.3, -0.25) is 0 Å². The number of aliphatic carboxylic acids is 1. The molecule has 0 N–H and O–H groups in total. The van der Waals surface area contributed by atoms with E-state index in [-0.39, 0.29) is 0 Å². The molecule has 0 rings (SSSR count). The van der Waals surface area contributed by atoms with Gasteiger partial charge in [-0.1, -0.05) is 0 Å². The topological polar surface area (TPSA) is 66.4 Å². The highest BCUT2D eigenvalue weighted by atomic mass is 19.4. The molecule has 0 aromatic carbocycles. The Labute approximate surface area is 197 Å². The number of carboxylic acids is 1. The summed E-state index contributed by atoms with van der Waals surface area (Å²) < 4.78 is 277. The van der Waals surface area contributed by atoms with E-state index in [9.17, 15) is 107 Å². The van der Waals surface area contributed by atoms with E-state index in [1.54, 1.807) is 0 Å². The molecule has 0 saturated heterocycles. The number of alkyl halides is 21. The van der Waals surface area contributed by atoms with Crippen LogP contribution in [0.3, 0.4) is 0 Å². The van der Waals surface area contributed by atoms with E-state index in [0.717, 1.165) is 0 Å². The molecule has 0 fully saturated rings. The van der Waals surface area contributed by atoms with Crippen molar-refractivity contribution in [2.75, 3.05) is 0 Å². The largest absolute Gasteiger partial charge is 0.545 e. The van der Waals surface area contributed by atoms with Gasteiger partial charge in [-0.2, -0.15) is 92.2 Å². The summed E-state index contributed by atoms with van der Waals surface area (Å²) in [7, 11) is 0. The maximum absolute atomic E-state index is 13.5. The molecule has 25 heteroatoms. The molecule has 0 saturated carbocycles. The minimum atomic E-state index is -9.34. The molecule has 0 aliphatic carbocycles. The second-order valence-corrected chi connectivity index (χ2v) is 6.68. The van der Waals surface area contributed by atoms with Crippen LogP contribution in [0.25, 0.3) is 0 Å². The van der Waals surface area contributed by atoms with Crippen molar-refractivity contribution in [2.45, 2.75) is 59.7 Å². The van der Waals surface area contributed by atoms with Crippen LogP contribution in [0.2, 0.25) is 0 Å². The van der Waals surface area contributed by atoms with Crippen molar-refractivity contribution in [3.63, 3.8) is 0 Å². The van der Waals surface area contributed by atoms with Gasteiger partial charge in [0.25, 0.3) is 0 Å². The lowest BCUT2D eigenvalue weighted by Gasteiger charge is -2.44. The highest BCUT2D eigenvalue weighted by molar-refractivity contribution is 5.90. The molecule has 0 spiro atoms. The molecule has 0 aromatic rings. The second kappa shape index (κ2) is 9.40. The van der Waals surface area contributed by atoms with Crippen molar-refractivity contribution in [3.8, 4) is 0 Å². The number of carboxylic acid groups (broad SMARTS) is 1. The fourth-order valence-corrected chi connectivity index (χ4v) is 1.90. The zero-order valence-electron chi connectivity index (χ0n) is 16.7. The molecule has 0 aliphatic heterocycles. The molecular weight excluding hydrogens is 631 g/mol. The normalized spacial score (nSPS) is 16.0. The number of carbonyl (C=O) groups is 2. The van der Waals surface area contributed by atoms with Crippen molar-refractivity contribution < 1.29 is 112 Å². The standard InChI is InChI=1S/C14H3F21O4/c15-5(16,7(19,20)9(23,24)11(27,28)13(31,32)33)6(17,18)8(21,22)10(25,26)12(29,30)14(34,35)39-4(38)2-1-3(36)37/h1-2H,(H,36,37)/p-1/b2-1+. The Morgan fingerprint density at radius 1 is 0.436 bits per heavy atom. The maximum atomic E-state index is 13.5. The second-order valence-electron chi connectivity index (χ2n) is 6.68. The lowest BCUT2D eigenvalue weighted by Crippen LogP contribution is -2.77. The molecule has 0 aromatic heterocycles. The van der Waals surface area contributed by atoms with E-state index in [1.165, 1.54) is 0 Å². The summed E-state index contributed by atoms with van der Waals surface area (Å²) in [6.45, 7) is 0. The van der Waals surface area contributed by atoms with Crippen LogP contribution in [0.15, 0.2) is 12.2 Å². The van der Waals surface area contributed by atoms with Crippen LogP contribution in [0.1, 0.15) is 0 Å².